The van der Waals surface area contributed by atoms with Gasteiger partial charge in [-0.05, 0) is 54.0 Å². The molecule has 1 fully saturated rings. The van der Waals surface area contributed by atoms with Gasteiger partial charge in [0.05, 0.1) is 4.88 Å². The maximum atomic E-state index is 10.3. The van der Waals surface area contributed by atoms with E-state index in [1.165, 1.54) is 61.6 Å². The van der Waals surface area contributed by atoms with Gasteiger partial charge in [-0.2, -0.15) is 0 Å². The summed E-state index contributed by atoms with van der Waals surface area (Å²) in [6.45, 7) is 7.03. The zero-order chi connectivity index (χ0) is 15.6. The SMILES string of the molecule is Oc1cc2c(cc1C[NH+]1CC[NH+](Cc3cccs3)CC1)CCC2. The summed E-state index contributed by atoms with van der Waals surface area (Å²) in [5, 5.41) is 12.5. The van der Waals surface area contributed by atoms with Gasteiger partial charge in [-0.15, -0.1) is 11.3 Å². The zero-order valence-electron chi connectivity index (χ0n) is 13.6. The predicted octanol–water partition coefficient (Wildman–Crippen LogP) is 0.426. The van der Waals surface area contributed by atoms with Crippen molar-refractivity contribution in [3.63, 3.8) is 0 Å². The smallest absolute Gasteiger partial charge is 0.127 e. The topological polar surface area (TPSA) is 29.1 Å². The van der Waals surface area contributed by atoms with E-state index in [0.29, 0.717) is 5.75 Å². The molecule has 2 heterocycles. The van der Waals surface area contributed by atoms with Crippen molar-refractivity contribution < 1.29 is 14.9 Å². The molecule has 122 valence electrons. The molecule has 0 bridgehead atoms. The molecule has 0 radical (unpaired) electrons. The standard InChI is InChI=1S/C19H24N2OS/c22-19-12-16-4-1-3-15(16)11-17(19)13-20-6-8-21(9-7-20)14-18-5-2-10-23-18/h2,5,10-12,22H,1,3-4,6-9,13-14H2/p+2. The van der Waals surface area contributed by atoms with Crippen LogP contribution in [0.15, 0.2) is 29.6 Å². The van der Waals surface area contributed by atoms with E-state index < -0.39 is 0 Å². The summed E-state index contributed by atoms with van der Waals surface area (Å²) in [6.07, 6.45) is 3.58. The Balaban J connectivity index is 1.34. The highest BCUT2D eigenvalue weighted by atomic mass is 32.1. The Morgan fingerprint density at radius 3 is 2.35 bits per heavy atom. The number of aryl methyl sites for hydroxylation is 2. The van der Waals surface area contributed by atoms with Gasteiger partial charge in [-0.3, -0.25) is 0 Å². The molecule has 3 N–H and O–H groups in total. The number of thiophene rings is 1. The van der Waals surface area contributed by atoms with Crippen molar-refractivity contribution in [3.05, 3.63) is 51.2 Å². The van der Waals surface area contributed by atoms with Gasteiger partial charge in [0.15, 0.2) is 0 Å². The van der Waals surface area contributed by atoms with Crippen molar-refractivity contribution in [2.45, 2.75) is 32.4 Å². The molecule has 2 aliphatic rings. The molecule has 1 aromatic carbocycles. The van der Waals surface area contributed by atoms with Crippen molar-refractivity contribution in [2.75, 3.05) is 26.2 Å². The Morgan fingerprint density at radius 2 is 1.65 bits per heavy atom. The van der Waals surface area contributed by atoms with Crippen LogP contribution in [0, 0.1) is 0 Å². The number of aromatic hydroxyl groups is 1. The maximum Gasteiger partial charge on any atom is 0.127 e. The van der Waals surface area contributed by atoms with Gasteiger partial charge in [-0.1, -0.05) is 6.07 Å². The van der Waals surface area contributed by atoms with Crippen LogP contribution in [0.25, 0.3) is 0 Å². The number of phenolic OH excluding ortho intramolecular Hbond substituents is 1. The average Bonchev–Trinajstić information content (AvgIpc) is 3.21. The molecule has 2 aromatic rings. The lowest BCUT2D eigenvalue weighted by Crippen LogP contribution is -3.27. The van der Waals surface area contributed by atoms with Crippen LogP contribution < -0.4 is 9.80 Å². The molecule has 0 unspecified atom stereocenters. The van der Waals surface area contributed by atoms with E-state index in [2.05, 4.69) is 23.6 Å². The molecule has 23 heavy (non-hydrogen) atoms. The summed E-state index contributed by atoms with van der Waals surface area (Å²) in [5.41, 5.74) is 3.99. The minimum atomic E-state index is 0.520. The molecule has 1 aromatic heterocycles. The fraction of sp³-hybridized carbons (Fsp3) is 0.474. The largest absolute Gasteiger partial charge is 0.507 e. The Labute approximate surface area is 142 Å². The number of rotatable bonds is 4. The number of phenols is 1. The van der Waals surface area contributed by atoms with Crippen LogP contribution in [-0.2, 0) is 25.9 Å². The summed E-state index contributed by atoms with van der Waals surface area (Å²) in [4.78, 5) is 4.82. The van der Waals surface area contributed by atoms with Gasteiger partial charge in [0.1, 0.15) is 45.0 Å². The normalized spacial score (nSPS) is 23.8. The van der Waals surface area contributed by atoms with Crippen LogP contribution >= 0.6 is 11.3 Å². The monoisotopic (exact) mass is 330 g/mol. The number of piperazine rings is 1. The third kappa shape index (κ3) is 3.44. The van der Waals surface area contributed by atoms with Crippen LogP contribution in [0.3, 0.4) is 0 Å². The van der Waals surface area contributed by atoms with E-state index in [1.807, 2.05) is 17.4 Å². The zero-order valence-corrected chi connectivity index (χ0v) is 14.4. The van der Waals surface area contributed by atoms with Gasteiger partial charge in [0.2, 0.25) is 0 Å². The predicted molar refractivity (Wildman–Crippen MR) is 93.3 cm³/mol. The van der Waals surface area contributed by atoms with Crippen LogP contribution in [-0.4, -0.2) is 31.3 Å². The molecule has 1 aliphatic heterocycles. The highest BCUT2D eigenvalue weighted by molar-refractivity contribution is 7.09. The first-order valence-electron chi connectivity index (χ1n) is 8.81. The van der Waals surface area contributed by atoms with E-state index in [0.717, 1.165) is 18.5 Å². The fourth-order valence-electron chi connectivity index (χ4n) is 4.04. The summed E-state index contributed by atoms with van der Waals surface area (Å²) >= 11 is 1.87. The van der Waals surface area contributed by atoms with E-state index in [-0.39, 0.29) is 0 Å². The second-order valence-corrected chi connectivity index (χ2v) is 8.07. The van der Waals surface area contributed by atoms with Crippen molar-refractivity contribution in [1.82, 2.24) is 0 Å². The van der Waals surface area contributed by atoms with Crippen molar-refractivity contribution in [2.24, 2.45) is 0 Å². The van der Waals surface area contributed by atoms with Crippen LogP contribution in [0.4, 0.5) is 0 Å². The van der Waals surface area contributed by atoms with Gasteiger partial charge in [-0.25, -0.2) is 0 Å². The van der Waals surface area contributed by atoms with Crippen LogP contribution in [0.2, 0.25) is 0 Å². The van der Waals surface area contributed by atoms with Gasteiger partial charge in [0.25, 0.3) is 0 Å². The lowest BCUT2D eigenvalue weighted by Gasteiger charge is -2.29. The maximum absolute atomic E-state index is 10.3. The highest BCUT2D eigenvalue weighted by Gasteiger charge is 2.25. The van der Waals surface area contributed by atoms with E-state index >= 15 is 0 Å². The second kappa shape index (κ2) is 6.63. The average molecular weight is 330 g/mol. The molecule has 0 saturated carbocycles. The number of fused-ring (bicyclic) bond motifs is 1. The minimum absolute atomic E-state index is 0.520. The van der Waals surface area contributed by atoms with Crippen molar-refractivity contribution in [1.29, 1.82) is 0 Å². The van der Waals surface area contributed by atoms with E-state index in [9.17, 15) is 5.11 Å². The van der Waals surface area contributed by atoms with Gasteiger partial charge < -0.3 is 14.9 Å². The fourth-order valence-corrected chi connectivity index (χ4v) is 4.82. The lowest BCUT2D eigenvalue weighted by atomic mass is 10.0. The molecular weight excluding hydrogens is 304 g/mol. The number of hydrogen-bond acceptors (Lipinski definition) is 2. The number of hydrogen-bond donors (Lipinski definition) is 3. The van der Waals surface area contributed by atoms with Gasteiger partial charge >= 0.3 is 0 Å². The summed E-state index contributed by atoms with van der Waals surface area (Å²) in [7, 11) is 0. The van der Waals surface area contributed by atoms with E-state index in [4.69, 9.17) is 0 Å². The second-order valence-electron chi connectivity index (χ2n) is 7.04. The molecule has 3 nitrogen and oxygen atoms in total. The molecule has 0 amide bonds. The van der Waals surface area contributed by atoms with Crippen LogP contribution in [0.1, 0.15) is 28.0 Å². The summed E-state index contributed by atoms with van der Waals surface area (Å²) < 4.78 is 0. The molecule has 1 aliphatic carbocycles. The molecule has 0 spiro atoms. The first-order valence-corrected chi connectivity index (χ1v) is 9.69. The molecule has 0 atom stereocenters. The van der Waals surface area contributed by atoms with Crippen LogP contribution in [0.5, 0.6) is 5.75 Å². The third-order valence-corrected chi connectivity index (χ3v) is 6.28. The Hall–Kier alpha value is -1.36. The molecule has 4 heteroatoms. The van der Waals surface area contributed by atoms with Crippen molar-refractivity contribution >= 4 is 11.3 Å². The quantitative estimate of drug-likeness (QED) is 0.745. The Kier molecular flexibility index (Phi) is 4.38. The van der Waals surface area contributed by atoms with Gasteiger partial charge in [0, 0.05) is 5.56 Å². The third-order valence-electron chi connectivity index (χ3n) is 5.40. The Morgan fingerprint density at radius 1 is 0.957 bits per heavy atom. The van der Waals surface area contributed by atoms with E-state index in [1.54, 1.807) is 9.80 Å². The minimum Gasteiger partial charge on any atom is -0.507 e. The summed E-state index contributed by atoms with van der Waals surface area (Å²) in [6, 6.07) is 8.70. The molecular formula is C19H26N2OS+2. The number of quaternary nitrogens is 2. The molecule has 4 rings (SSSR count). The lowest BCUT2D eigenvalue weighted by molar-refractivity contribution is -1.02. The summed E-state index contributed by atoms with van der Waals surface area (Å²) in [5.74, 6) is 0.520. The number of nitrogens with one attached hydrogen (secondary N) is 2. The first kappa shape index (κ1) is 15.2. The number of benzene rings is 1. The Bertz CT molecular complexity index is 660. The molecule has 1 saturated heterocycles. The first-order chi connectivity index (χ1) is 11.3. The van der Waals surface area contributed by atoms with Crippen molar-refractivity contribution in [3.8, 4) is 5.75 Å². The highest BCUT2D eigenvalue weighted by Crippen LogP contribution is 2.28.